The average molecular weight is 644 g/mol. The first-order valence-corrected chi connectivity index (χ1v) is 16.4. The topological polar surface area (TPSA) is 77.3 Å². The lowest BCUT2D eigenvalue weighted by Crippen LogP contribution is -2.17. The van der Waals surface area contributed by atoms with Crippen LogP contribution in [-0.4, -0.2) is 29.9 Å². The molecule has 0 atom stereocenters. The van der Waals surface area contributed by atoms with Crippen LogP contribution in [0.3, 0.4) is 0 Å². The molecule has 6 aromatic rings. The summed E-state index contributed by atoms with van der Waals surface area (Å²) in [4.78, 5) is 27.0. The lowest BCUT2D eigenvalue weighted by molar-refractivity contribution is 0.652. The van der Waals surface area contributed by atoms with Crippen LogP contribution >= 0.6 is 23.2 Å². The Morgan fingerprint density at radius 1 is 0.587 bits per heavy atom. The molecule has 2 aromatic heterocycles. The minimum absolute atomic E-state index is 0.0784. The molecule has 0 radical (unpaired) electrons. The van der Waals surface area contributed by atoms with E-state index in [2.05, 4.69) is 109 Å². The van der Waals surface area contributed by atoms with Crippen molar-refractivity contribution in [2.45, 2.75) is 65.2 Å². The third-order valence-corrected chi connectivity index (χ3v) is 10.2. The Bertz CT molecular complexity index is 2250. The Hall–Kier alpha value is -4.26. The van der Waals surface area contributed by atoms with Gasteiger partial charge in [-0.2, -0.15) is 15.0 Å². The molecule has 0 saturated carbocycles. The fourth-order valence-corrected chi connectivity index (χ4v) is 7.94. The van der Waals surface area contributed by atoms with Crippen LogP contribution < -0.4 is 0 Å². The van der Waals surface area contributed by atoms with E-state index < -0.39 is 0 Å². The number of fused-ring (bicyclic) bond motifs is 8. The van der Waals surface area contributed by atoms with Gasteiger partial charge in [0.2, 0.25) is 10.6 Å². The molecule has 2 aliphatic carbocycles. The van der Waals surface area contributed by atoms with Gasteiger partial charge in [0.25, 0.3) is 0 Å². The smallest absolute Gasteiger partial charge is 0.218 e. The molecule has 0 amide bonds. The maximum absolute atomic E-state index is 6.24. The minimum Gasteiger partial charge on any atom is -0.218 e. The van der Waals surface area contributed by atoms with Crippen molar-refractivity contribution in [3.05, 3.63) is 105 Å². The fourth-order valence-electron chi connectivity index (χ4n) is 7.58. The molecule has 4 aromatic carbocycles. The van der Waals surface area contributed by atoms with Gasteiger partial charge in [-0.05, 0) is 116 Å². The highest BCUT2D eigenvalue weighted by atomic mass is 35.5. The SMILES string of the molecule is CCCc1nc(C)nc(-c2ccc3c(c2)C(C)(C)c2cc4c(cc2-3)C(C)(C)c2cc(-c3nc(Cl)nc(Cl)n3)c3ccccc3c2-4)n1. The summed E-state index contributed by atoms with van der Waals surface area (Å²) >= 11 is 12.5. The average Bonchev–Trinajstić information content (AvgIpc) is 3.38. The number of hydrogen-bond acceptors (Lipinski definition) is 6. The van der Waals surface area contributed by atoms with Crippen LogP contribution in [0, 0.1) is 6.92 Å². The first kappa shape index (κ1) is 29.2. The van der Waals surface area contributed by atoms with Gasteiger partial charge in [0.1, 0.15) is 11.6 Å². The van der Waals surface area contributed by atoms with E-state index in [-0.39, 0.29) is 21.4 Å². The van der Waals surface area contributed by atoms with Gasteiger partial charge in [-0.3, -0.25) is 0 Å². The zero-order valence-electron chi connectivity index (χ0n) is 26.6. The largest absolute Gasteiger partial charge is 0.227 e. The summed E-state index contributed by atoms with van der Waals surface area (Å²) in [7, 11) is 0. The number of nitrogens with zero attached hydrogens (tertiary/aromatic N) is 6. The van der Waals surface area contributed by atoms with Crippen molar-refractivity contribution < 1.29 is 0 Å². The summed E-state index contributed by atoms with van der Waals surface area (Å²) in [5.41, 5.74) is 11.6. The Labute approximate surface area is 278 Å². The van der Waals surface area contributed by atoms with Crippen molar-refractivity contribution in [3.8, 4) is 45.0 Å². The van der Waals surface area contributed by atoms with Crippen LogP contribution in [0.5, 0.6) is 0 Å². The molecule has 0 saturated heterocycles. The molecule has 8 heteroatoms. The summed E-state index contributed by atoms with van der Waals surface area (Å²) in [6.07, 6.45) is 1.84. The zero-order valence-corrected chi connectivity index (χ0v) is 28.1. The number of aryl methyl sites for hydroxylation is 2. The Kier molecular flexibility index (Phi) is 6.41. The number of aromatic nitrogens is 6. The molecule has 2 heterocycles. The van der Waals surface area contributed by atoms with Gasteiger partial charge in [-0.1, -0.05) is 71.0 Å². The first-order chi connectivity index (χ1) is 22.0. The normalized spacial score (nSPS) is 15.0. The standard InChI is InChI=1S/C38H32Cl2N6/c1-7-10-31-41-19(2)42-33(43-31)20-13-14-22-24-16-29-26(18-28(24)37(3,4)27(22)15-20)32-23-12-9-8-11-21(23)25(17-30(32)38(29,5)6)34-44-35(39)46-36(40)45-34/h8-9,11-18H,7,10H2,1-6H3. The summed E-state index contributed by atoms with van der Waals surface area (Å²) in [5, 5.41) is 2.35. The van der Waals surface area contributed by atoms with Gasteiger partial charge in [-0.15, -0.1) is 0 Å². The molecular formula is C38H32Cl2N6. The van der Waals surface area contributed by atoms with Crippen LogP contribution in [0.15, 0.2) is 60.7 Å². The van der Waals surface area contributed by atoms with E-state index in [1.165, 1.54) is 44.5 Å². The minimum atomic E-state index is -0.274. The lowest BCUT2D eigenvalue weighted by atomic mass is 9.79. The van der Waals surface area contributed by atoms with Gasteiger partial charge < -0.3 is 0 Å². The van der Waals surface area contributed by atoms with Crippen molar-refractivity contribution in [1.82, 2.24) is 29.9 Å². The van der Waals surface area contributed by atoms with Crippen LogP contribution in [0.25, 0.3) is 55.8 Å². The molecule has 8 rings (SSSR count). The zero-order chi connectivity index (χ0) is 32.1. The Morgan fingerprint density at radius 3 is 1.96 bits per heavy atom. The van der Waals surface area contributed by atoms with E-state index >= 15 is 0 Å². The molecule has 0 N–H and O–H groups in total. The molecule has 0 spiro atoms. The summed E-state index contributed by atoms with van der Waals surface area (Å²) in [5.74, 6) is 2.82. The van der Waals surface area contributed by atoms with Gasteiger partial charge in [-0.25, -0.2) is 15.0 Å². The fraction of sp³-hybridized carbons (Fsp3) is 0.263. The second-order valence-corrected chi connectivity index (χ2v) is 14.1. The molecule has 0 unspecified atom stereocenters. The van der Waals surface area contributed by atoms with Crippen LogP contribution in [0.4, 0.5) is 0 Å². The number of hydrogen-bond donors (Lipinski definition) is 0. The number of benzene rings is 4. The van der Waals surface area contributed by atoms with E-state index in [1.807, 2.05) is 13.0 Å². The van der Waals surface area contributed by atoms with Gasteiger partial charge >= 0.3 is 0 Å². The van der Waals surface area contributed by atoms with Gasteiger partial charge in [0.05, 0.1) is 0 Å². The van der Waals surface area contributed by atoms with Crippen LogP contribution in [0.2, 0.25) is 10.6 Å². The second-order valence-electron chi connectivity index (χ2n) is 13.4. The van der Waals surface area contributed by atoms with E-state index in [1.54, 1.807) is 0 Å². The van der Waals surface area contributed by atoms with Crippen molar-refractivity contribution in [2.75, 3.05) is 0 Å². The second kappa shape index (κ2) is 10.1. The quantitative estimate of drug-likeness (QED) is 0.190. The van der Waals surface area contributed by atoms with E-state index in [0.29, 0.717) is 5.82 Å². The highest BCUT2D eigenvalue weighted by Crippen LogP contribution is 2.58. The predicted octanol–water partition coefficient (Wildman–Crippen LogP) is 9.72. The molecule has 0 aliphatic heterocycles. The molecule has 228 valence electrons. The van der Waals surface area contributed by atoms with Crippen LogP contribution in [0.1, 0.15) is 74.9 Å². The highest BCUT2D eigenvalue weighted by Gasteiger charge is 2.42. The third-order valence-electron chi connectivity index (χ3n) is 9.82. The molecule has 6 nitrogen and oxygen atoms in total. The monoisotopic (exact) mass is 642 g/mol. The summed E-state index contributed by atoms with van der Waals surface area (Å²) < 4.78 is 0. The third kappa shape index (κ3) is 4.23. The highest BCUT2D eigenvalue weighted by molar-refractivity contribution is 6.31. The first-order valence-electron chi connectivity index (χ1n) is 15.7. The summed E-state index contributed by atoms with van der Waals surface area (Å²) in [6.45, 7) is 13.3. The molecule has 2 aliphatic rings. The van der Waals surface area contributed by atoms with E-state index in [0.717, 1.165) is 52.2 Å². The maximum atomic E-state index is 6.24. The van der Waals surface area contributed by atoms with Gasteiger partial charge in [0, 0.05) is 28.4 Å². The Balaban J connectivity index is 1.32. The number of rotatable bonds is 4. The molecule has 46 heavy (non-hydrogen) atoms. The van der Waals surface area contributed by atoms with Crippen LogP contribution in [-0.2, 0) is 17.3 Å². The molecule has 0 bridgehead atoms. The van der Waals surface area contributed by atoms with Crippen molar-refractivity contribution in [3.63, 3.8) is 0 Å². The van der Waals surface area contributed by atoms with Crippen molar-refractivity contribution >= 4 is 34.0 Å². The van der Waals surface area contributed by atoms with E-state index in [4.69, 9.17) is 33.2 Å². The predicted molar refractivity (Wildman–Crippen MR) is 185 cm³/mol. The Morgan fingerprint density at radius 2 is 1.22 bits per heavy atom. The lowest BCUT2D eigenvalue weighted by Gasteiger charge is -2.24. The number of halogens is 2. The van der Waals surface area contributed by atoms with Crippen molar-refractivity contribution in [2.24, 2.45) is 0 Å². The van der Waals surface area contributed by atoms with Crippen molar-refractivity contribution in [1.29, 1.82) is 0 Å². The molecule has 0 fully saturated rings. The maximum Gasteiger partial charge on any atom is 0.227 e. The van der Waals surface area contributed by atoms with Gasteiger partial charge in [0.15, 0.2) is 11.6 Å². The van der Waals surface area contributed by atoms with E-state index in [9.17, 15) is 0 Å². The molecular weight excluding hydrogens is 611 g/mol. The summed E-state index contributed by atoms with van der Waals surface area (Å²) in [6, 6.07) is 22.2.